The van der Waals surface area contributed by atoms with Crippen LogP contribution >= 0.6 is 22.6 Å². The summed E-state index contributed by atoms with van der Waals surface area (Å²) in [4.78, 5) is 30.7. The van der Waals surface area contributed by atoms with E-state index in [1.165, 1.54) is 48.5 Å². The lowest BCUT2D eigenvalue weighted by Gasteiger charge is -2.36. The summed E-state index contributed by atoms with van der Waals surface area (Å²) < 4.78 is 94.9. The topological polar surface area (TPSA) is 251 Å². The van der Waals surface area contributed by atoms with Crippen molar-refractivity contribution in [2.24, 2.45) is 0 Å². The van der Waals surface area contributed by atoms with E-state index in [0.717, 1.165) is 44.3 Å². The Morgan fingerprint density at radius 3 is 1.43 bits per heavy atom. The Bertz CT molecular complexity index is 2420. The molecule has 5 rings (SSSR count). The van der Waals surface area contributed by atoms with Gasteiger partial charge in [-0.2, -0.15) is 12.9 Å². The molecule has 0 radical (unpaired) electrons. The molecule has 1 unspecified atom stereocenters. The Kier molecular flexibility index (Phi) is 12.3. The van der Waals surface area contributed by atoms with Crippen LogP contribution in [0.3, 0.4) is 0 Å². The zero-order valence-electron chi connectivity index (χ0n) is 27.7. The summed E-state index contributed by atoms with van der Waals surface area (Å²) >= 11 is 2.00. The first-order valence-corrected chi connectivity index (χ1v) is 21.0. The van der Waals surface area contributed by atoms with Crippen molar-refractivity contribution < 1.29 is 44.8 Å². The molecule has 0 bridgehead atoms. The summed E-state index contributed by atoms with van der Waals surface area (Å²) in [7, 11) is -14.8. The molecule has 0 saturated carbocycles. The maximum Gasteiger partial charge on any atom is 0.289 e. The second-order valence-corrected chi connectivity index (χ2v) is 18.4. The van der Waals surface area contributed by atoms with Crippen LogP contribution in [0.5, 0.6) is 5.75 Å². The van der Waals surface area contributed by atoms with Crippen molar-refractivity contribution in [2.45, 2.75) is 27.3 Å². The molecule has 4 aromatic rings. The summed E-state index contributed by atoms with van der Waals surface area (Å²) in [5.41, 5.74) is -2.43. The molecule has 19 nitrogen and oxygen atoms in total. The van der Waals surface area contributed by atoms with Crippen molar-refractivity contribution >= 4 is 69.7 Å². The SMILES string of the molecule is O=[N+]([O-])c1ccccc1S(=O)(=O)N1CCCN(S(=O)(=O)c2ccccc2[N+](=O)[O-])CC(Oc2ccc(I)cc2)N(S(=O)(=O)c2ccccc2[N+](=O)[O-])CC1. The summed E-state index contributed by atoms with van der Waals surface area (Å²) in [6.07, 6.45) is -2.14. The maximum absolute atomic E-state index is 14.6. The average Bonchev–Trinajstić information content (AvgIpc) is 3.14. The minimum absolute atomic E-state index is 0.0210. The first-order chi connectivity index (χ1) is 25.5. The van der Waals surface area contributed by atoms with E-state index < -0.39 is 116 Å². The van der Waals surface area contributed by atoms with Crippen molar-refractivity contribution in [2.75, 3.05) is 32.7 Å². The third-order valence-corrected chi connectivity index (χ3v) is 14.7. The lowest BCUT2D eigenvalue weighted by Crippen LogP contribution is -2.54. The Labute approximate surface area is 322 Å². The average molecular weight is 917 g/mol. The number of hydrogen-bond donors (Lipinski definition) is 0. The number of hydrogen-bond acceptors (Lipinski definition) is 13. The standard InChI is InChI=1S/C31H29IN6O13S3/c32-23-14-16-24(17-15-23)51-31-22-34(53(47,48)29-12-5-2-9-26(29)37(41)42)19-7-18-33(52(45,46)28-11-4-1-8-25(28)36(39)40)20-21-35(31)54(49,50)30-13-6-3-10-27(30)38(43)44/h1-6,8-17,31H,7,18-22H2. The number of rotatable bonds is 11. The van der Waals surface area contributed by atoms with E-state index in [0.29, 0.717) is 8.61 Å². The molecule has 1 atom stereocenters. The quantitative estimate of drug-likeness (QED) is 0.116. The number of sulfonamides is 3. The van der Waals surface area contributed by atoms with Gasteiger partial charge in [-0.3, -0.25) is 30.3 Å². The van der Waals surface area contributed by atoms with Crippen LogP contribution in [0.2, 0.25) is 0 Å². The van der Waals surface area contributed by atoms with Gasteiger partial charge in [-0.15, -0.1) is 0 Å². The van der Waals surface area contributed by atoms with Crippen LogP contribution in [0.15, 0.2) is 112 Å². The highest BCUT2D eigenvalue weighted by atomic mass is 127. The monoisotopic (exact) mass is 916 g/mol. The van der Waals surface area contributed by atoms with E-state index >= 15 is 0 Å². The van der Waals surface area contributed by atoms with Crippen LogP contribution in [0, 0.1) is 33.9 Å². The molecule has 1 aliphatic rings. The molecule has 1 aliphatic heterocycles. The van der Waals surface area contributed by atoms with Gasteiger partial charge >= 0.3 is 0 Å². The molecule has 0 spiro atoms. The van der Waals surface area contributed by atoms with Crippen molar-refractivity contribution in [1.29, 1.82) is 0 Å². The smallest absolute Gasteiger partial charge is 0.289 e. The summed E-state index contributed by atoms with van der Waals surface area (Å²) in [6.45, 7) is -3.35. The highest BCUT2D eigenvalue weighted by molar-refractivity contribution is 14.1. The zero-order valence-corrected chi connectivity index (χ0v) is 32.3. The lowest BCUT2D eigenvalue weighted by atomic mass is 10.3. The molecule has 0 amide bonds. The van der Waals surface area contributed by atoms with Gasteiger partial charge in [0.2, 0.25) is 20.0 Å². The summed E-state index contributed by atoms with van der Waals surface area (Å²) in [6, 6.07) is 19.3. The van der Waals surface area contributed by atoms with Gasteiger partial charge in [-0.1, -0.05) is 36.4 Å². The Morgan fingerprint density at radius 2 is 0.963 bits per heavy atom. The van der Waals surface area contributed by atoms with E-state index in [9.17, 15) is 55.6 Å². The fraction of sp³-hybridized carbons (Fsp3) is 0.226. The fourth-order valence-corrected chi connectivity index (χ4v) is 10.9. The first-order valence-electron chi connectivity index (χ1n) is 15.6. The van der Waals surface area contributed by atoms with Gasteiger partial charge in [0.05, 0.1) is 21.3 Å². The van der Waals surface area contributed by atoms with Crippen molar-refractivity contribution in [1.82, 2.24) is 12.9 Å². The Morgan fingerprint density at radius 1 is 0.556 bits per heavy atom. The number of ether oxygens (including phenoxy) is 1. The van der Waals surface area contributed by atoms with Crippen LogP contribution in [0.4, 0.5) is 17.1 Å². The molecule has 1 fully saturated rings. The van der Waals surface area contributed by atoms with E-state index in [-0.39, 0.29) is 12.2 Å². The van der Waals surface area contributed by atoms with E-state index in [1.807, 2.05) is 22.6 Å². The molecule has 0 aromatic heterocycles. The zero-order chi connectivity index (χ0) is 39.4. The number of benzene rings is 4. The normalized spacial score (nSPS) is 17.0. The van der Waals surface area contributed by atoms with Crippen LogP contribution in [0.1, 0.15) is 6.42 Å². The third kappa shape index (κ3) is 8.50. The van der Waals surface area contributed by atoms with Gasteiger partial charge in [0.25, 0.3) is 27.1 Å². The van der Waals surface area contributed by atoms with Crippen LogP contribution in [0.25, 0.3) is 0 Å². The minimum atomic E-state index is -5.09. The maximum atomic E-state index is 14.6. The highest BCUT2D eigenvalue weighted by Crippen LogP contribution is 2.33. The second kappa shape index (κ2) is 16.4. The minimum Gasteiger partial charge on any atom is -0.473 e. The first kappa shape index (κ1) is 40.5. The fourth-order valence-electron chi connectivity index (χ4n) is 5.63. The molecule has 23 heteroatoms. The molecular weight excluding hydrogens is 887 g/mol. The molecule has 0 N–H and O–H groups in total. The number of nitro benzene ring substituents is 3. The molecule has 0 aliphatic carbocycles. The van der Waals surface area contributed by atoms with E-state index in [2.05, 4.69) is 0 Å². The van der Waals surface area contributed by atoms with Gasteiger partial charge in [-0.25, -0.2) is 25.3 Å². The highest BCUT2D eigenvalue weighted by Gasteiger charge is 2.43. The largest absolute Gasteiger partial charge is 0.473 e. The van der Waals surface area contributed by atoms with Gasteiger partial charge in [0, 0.05) is 47.9 Å². The number of nitro groups is 3. The van der Waals surface area contributed by atoms with Crippen LogP contribution < -0.4 is 4.74 Å². The van der Waals surface area contributed by atoms with Crippen molar-refractivity contribution in [3.8, 4) is 5.75 Å². The summed E-state index contributed by atoms with van der Waals surface area (Å²) in [5, 5.41) is 35.8. The van der Waals surface area contributed by atoms with Gasteiger partial charge in [0.15, 0.2) is 20.9 Å². The van der Waals surface area contributed by atoms with Crippen molar-refractivity contribution in [3.05, 3.63) is 131 Å². The molecular formula is C31H29IN6O13S3. The molecule has 1 heterocycles. The predicted octanol–water partition coefficient (Wildman–Crippen LogP) is 4.20. The van der Waals surface area contributed by atoms with Crippen LogP contribution in [-0.2, 0) is 30.1 Å². The van der Waals surface area contributed by atoms with E-state index in [1.54, 1.807) is 12.1 Å². The molecule has 4 aromatic carbocycles. The second-order valence-electron chi connectivity index (χ2n) is 11.4. The molecule has 286 valence electrons. The predicted molar refractivity (Wildman–Crippen MR) is 199 cm³/mol. The Hall–Kier alpha value is -4.66. The van der Waals surface area contributed by atoms with Crippen LogP contribution in [-0.4, -0.2) is 91.9 Å². The van der Waals surface area contributed by atoms with Gasteiger partial charge < -0.3 is 4.74 Å². The Balaban J connectivity index is 1.73. The van der Waals surface area contributed by atoms with E-state index in [4.69, 9.17) is 4.74 Å². The lowest BCUT2D eigenvalue weighted by molar-refractivity contribution is -0.388. The molecule has 1 saturated heterocycles. The molecule has 54 heavy (non-hydrogen) atoms. The number of nitrogens with zero attached hydrogens (tertiary/aromatic N) is 6. The number of halogens is 1. The van der Waals surface area contributed by atoms with Gasteiger partial charge in [-0.05, 0) is 71.5 Å². The number of para-hydroxylation sites is 3. The third-order valence-electron chi connectivity index (χ3n) is 8.16. The van der Waals surface area contributed by atoms with Gasteiger partial charge in [0.1, 0.15) is 5.75 Å². The van der Waals surface area contributed by atoms with Crippen molar-refractivity contribution in [3.63, 3.8) is 0 Å². The summed E-state index contributed by atoms with van der Waals surface area (Å²) in [5.74, 6) is 0.0210.